The number of nitrogens with one attached hydrogen (secondary N) is 2. The smallest absolute Gasteiger partial charge is 0.327 e. The maximum Gasteiger partial charge on any atom is 0.327 e. The number of hydrogen-bond donors (Lipinski definition) is 7. The Bertz CT molecular complexity index is 748. The van der Waals surface area contributed by atoms with Crippen molar-refractivity contribution in [2.75, 3.05) is 12.3 Å². The van der Waals surface area contributed by atoms with Crippen LogP contribution in [0.15, 0.2) is 0 Å². The molecule has 1 aliphatic rings. The first kappa shape index (κ1) is 27.2. The van der Waals surface area contributed by atoms with Gasteiger partial charge in [-0.3, -0.25) is 24.0 Å². The number of hydrogen-bond acceptors (Lipinski definition) is 8. The molecule has 1 aliphatic heterocycles. The third kappa shape index (κ3) is 8.34. The topological polar surface area (TPSA) is 216 Å². The molecular formula is C18H28N4O9S. The Balaban J connectivity index is 2.88. The van der Waals surface area contributed by atoms with Gasteiger partial charge in [0.1, 0.15) is 18.1 Å². The van der Waals surface area contributed by atoms with Crippen molar-refractivity contribution in [3.63, 3.8) is 0 Å². The van der Waals surface area contributed by atoms with Crippen LogP contribution in [0.4, 0.5) is 0 Å². The van der Waals surface area contributed by atoms with Gasteiger partial charge in [-0.2, -0.15) is 12.6 Å². The van der Waals surface area contributed by atoms with E-state index in [0.29, 0.717) is 6.42 Å². The van der Waals surface area contributed by atoms with Crippen LogP contribution in [0.25, 0.3) is 0 Å². The van der Waals surface area contributed by atoms with Crippen LogP contribution in [-0.4, -0.2) is 92.3 Å². The lowest BCUT2D eigenvalue weighted by atomic mass is 10.1. The highest BCUT2D eigenvalue weighted by Crippen LogP contribution is 2.19. The molecule has 0 spiro atoms. The second-order valence-electron chi connectivity index (χ2n) is 7.30. The molecule has 3 amide bonds. The third-order valence-corrected chi connectivity index (χ3v) is 5.27. The fraction of sp³-hybridized carbons (Fsp3) is 0.667. The summed E-state index contributed by atoms with van der Waals surface area (Å²) in [7, 11) is 0. The minimum absolute atomic E-state index is 0.108. The van der Waals surface area contributed by atoms with E-state index in [1.807, 2.05) is 0 Å². The molecule has 0 aromatic carbocycles. The van der Waals surface area contributed by atoms with Gasteiger partial charge in [-0.25, -0.2) is 4.79 Å². The number of aliphatic carboxylic acids is 3. The van der Waals surface area contributed by atoms with E-state index in [9.17, 15) is 28.8 Å². The van der Waals surface area contributed by atoms with E-state index >= 15 is 0 Å². The molecule has 32 heavy (non-hydrogen) atoms. The molecule has 1 rings (SSSR count). The lowest BCUT2D eigenvalue weighted by Crippen LogP contribution is -2.57. The van der Waals surface area contributed by atoms with Crippen molar-refractivity contribution in [1.29, 1.82) is 0 Å². The number of thiol groups is 1. The van der Waals surface area contributed by atoms with E-state index in [1.54, 1.807) is 0 Å². The van der Waals surface area contributed by atoms with Crippen molar-refractivity contribution < 1.29 is 44.1 Å². The van der Waals surface area contributed by atoms with Gasteiger partial charge in [0, 0.05) is 25.1 Å². The standard InChI is InChI=1S/C18H28N4O9S/c19-9(3-5-13(23)24)17(29)22-7-1-2-12(22)16(28)20-10(4-6-14(25)26)15(27)21-11(8-32)18(30)31/h9-12,32H,1-8,19H2,(H,20,28)(H,21,27)(H,23,24)(H,25,26)(H,30,31). The lowest BCUT2D eigenvalue weighted by molar-refractivity contribution is -0.143. The van der Waals surface area contributed by atoms with E-state index in [1.165, 1.54) is 4.90 Å². The molecule has 0 radical (unpaired) electrons. The summed E-state index contributed by atoms with van der Waals surface area (Å²) in [6, 6.07) is -4.78. The summed E-state index contributed by atoms with van der Waals surface area (Å²) >= 11 is 3.84. The van der Waals surface area contributed by atoms with Gasteiger partial charge in [-0.05, 0) is 25.7 Å². The summed E-state index contributed by atoms with van der Waals surface area (Å²) in [6.45, 7) is 0.213. The molecule has 13 nitrogen and oxygen atoms in total. The zero-order chi connectivity index (χ0) is 24.4. The molecule has 1 heterocycles. The van der Waals surface area contributed by atoms with Crippen LogP contribution in [0.3, 0.4) is 0 Å². The molecule has 4 unspecified atom stereocenters. The second kappa shape index (κ2) is 12.9. The van der Waals surface area contributed by atoms with Gasteiger partial charge in [0.2, 0.25) is 17.7 Å². The fourth-order valence-corrected chi connectivity index (χ4v) is 3.43. The Morgan fingerprint density at radius 2 is 1.56 bits per heavy atom. The Kier molecular flexibility index (Phi) is 10.9. The van der Waals surface area contributed by atoms with Crippen LogP contribution >= 0.6 is 12.6 Å². The highest BCUT2D eigenvalue weighted by molar-refractivity contribution is 7.80. The largest absolute Gasteiger partial charge is 0.481 e. The number of nitrogens with two attached hydrogens (primary N) is 1. The molecule has 0 aromatic rings. The first-order valence-corrected chi connectivity index (χ1v) is 10.5. The Hall–Kier alpha value is -2.87. The van der Waals surface area contributed by atoms with Crippen LogP contribution < -0.4 is 16.4 Å². The van der Waals surface area contributed by atoms with Gasteiger partial charge in [-0.15, -0.1) is 0 Å². The zero-order valence-corrected chi connectivity index (χ0v) is 18.1. The fourth-order valence-electron chi connectivity index (χ4n) is 3.18. The molecule has 1 saturated heterocycles. The maximum absolute atomic E-state index is 12.8. The molecule has 14 heteroatoms. The molecule has 180 valence electrons. The number of carboxylic acid groups (broad SMARTS) is 3. The molecule has 0 bridgehead atoms. The van der Waals surface area contributed by atoms with Gasteiger partial charge in [0.25, 0.3) is 0 Å². The maximum atomic E-state index is 12.8. The van der Waals surface area contributed by atoms with Crippen molar-refractivity contribution in [3.05, 3.63) is 0 Å². The normalized spacial score (nSPS) is 18.3. The van der Waals surface area contributed by atoms with Crippen molar-refractivity contribution in [1.82, 2.24) is 15.5 Å². The highest BCUT2D eigenvalue weighted by Gasteiger charge is 2.38. The number of likely N-dealkylation sites (tertiary alicyclic amines) is 1. The van der Waals surface area contributed by atoms with Gasteiger partial charge >= 0.3 is 17.9 Å². The number of nitrogens with zero attached hydrogens (tertiary/aromatic N) is 1. The monoisotopic (exact) mass is 476 g/mol. The molecule has 4 atom stereocenters. The summed E-state index contributed by atoms with van der Waals surface area (Å²) in [4.78, 5) is 71.8. The highest BCUT2D eigenvalue weighted by atomic mass is 32.1. The van der Waals surface area contributed by atoms with Crippen molar-refractivity contribution in [3.8, 4) is 0 Å². The van der Waals surface area contributed by atoms with Crippen molar-refractivity contribution in [2.24, 2.45) is 5.73 Å². The number of amides is 3. The quantitative estimate of drug-likeness (QED) is 0.145. The number of rotatable bonds is 13. The second-order valence-corrected chi connectivity index (χ2v) is 7.67. The van der Waals surface area contributed by atoms with E-state index < -0.39 is 66.2 Å². The van der Waals surface area contributed by atoms with E-state index in [0.717, 1.165) is 0 Å². The summed E-state index contributed by atoms with van der Waals surface area (Å²) in [5, 5.41) is 31.3. The van der Waals surface area contributed by atoms with Gasteiger partial charge in [0.15, 0.2) is 0 Å². The average molecular weight is 477 g/mol. The van der Waals surface area contributed by atoms with E-state index in [2.05, 4.69) is 23.3 Å². The third-order valence-electron chi connectivity index (χ3n) is 4.90. The summed E-state index contributed by atoms with van der Waals surface area (Å²) < 4.78 is 0. The summed E-state index contributed by atoms with van der Waals surface area (Å²) in [5.41, 5.74) is 5.76. The Labute approximate surface area is 189 Å². The van der Waals surface area contributed by atoms with Crippen LogP contribution in [-0.2, 0) is 28.8 Å². The van der Waals surface area contributed by atoms with Crippen LogP contribution in [0.2, 0.25) is 0 Å². The van der Waals surface area contributed by atoms with Gasteiger partial charge in [0.05, 0.1) is 6.04 Å². The molecule has 0 aromatic heterocycles. The minimum atomic E-state index is -1.35. The Morgan fingerprint density at radius 3 is 2.09 bits per heavy atom. The van der Waals surface area contributed by atoms with Crippen LogP contribution in [0, 0.1) is 0 Å². The molecule has 0 saturated carbocycles. The number of carbonyl (C=O) groups is 6. The van der Waals surface area contributed by atoms with E-state index in [-0.39, 0.29) is 38.0 Å². The molecular weight excluding hydrogens is 448 g/mol. The van der Waals surface area contributed by atoms with E-state index in [4.69, 9.17) is 21.1 Å². The minimum Gasteiger partial charge on any atom is -0.481 e. The van der Waals surface area contributed by atoms with Crippen LogP contribution in [0.1, 0.15) is 38.5 Å². The summed E-state index contributed by atoms with van der Waals surface area (Å²) in [6.07, 6.45) is -0.448. The molecule has 0 aliphatic carbocycles. The van der Waals surface area contributed by atoms with Crippen molar-refractivity contribution in [2.45, 2.75) is 62.7 Å². The average Bonchev–Trinajstić information content (AvgIpc) is 3.21. The Morgan fingerprint density at radius 1 is 0.969 bits per heavy atom. The van der Waals surface area contributed by atoms with Gasteiger partial charge in [-0.1, -0.05) is 0 Å². The molecule has 7 N–H and O–H groups in total. The summed E-state index contributed by atoms with van der Waals surface area (Å²) in [5.74, 6) is -6.12. The van der Waals surface area contributed by atoms with Crippen LogP contribution in [0.5, 0.6) is 0 Å². The SMILES string of the molecule is NC(CCC(=O)O)C(=O)N1CCCC1C(=O)NC(CCC(=O)O)C(=O)NC(CS)C(=O)O. The number of carbonyl (C=O) groups excluding carboxylic acids is 3. The molecule has 1 fully saturated rings. The predicted molar refractivity (Wildman–Crippen MR) is 112 cm³/mol. The first-order valence-electron chi connectivity index (χ1n) is 9.92. The zero-order valence-electron chi connectivity index (χ0n) is 17.2. The van der Waals surface area contributed by atoms with Crippen molar-refractivity contribution >= 4 is 48.3 Å². The first-order chi connectivity index (χ1) is 15.0. The number of carboxylic acids is 3. The predicted octanol–water partition coefficient (Wildman–Crippen LogP) is -1.98. The van der Waals surface area contributed by atoms with Gasteiger partial charge < -0.3 is 36.6 Å². The lowest BCUT2D eigenvalue weighted by Gasteiger charge is -2.28.